The predicted octanol–water partition coefficient (Wildman–Crippen LogP) is 2.71. The lowest BCUT2D eigenvalue weighted by Gasteiger charge is -2.33. The van der Waals surface area contributed by atoms with Crippen molar-refractivity contribution in [3.63, 3.8) is 0 Å². The zero-order valence-corrected chi connectivity index (χ0v) is 13.8. The number of rotatable bonds is 4. The molecule has 1 aliphatic heterocycles. The molecule has 0 aromatic heterocycles. The van der Waals surface area contributed by atoms with Crippen LogP contribution in [0.1, 0.15) is 53.9 Å². The molecule has 2 N–H and O–H groups in total. The van der Waals surface area contributed by atoms with Gasteiger partial charge in [-0.15, -0.1) is 0 Å². The molecule has 1 saturated carbocycles. The number of carbonyl (C=O) groups is 2. The van der Waals surface area contributed by atoms with E-state index in [2.05, 4.69) is 33.0 Å². The highest BCUT2D eigenvalue weighted by molar-refractivity contribution is 5.87. The van der Waals surface area contributed by atoms with Crippen LogP contribution in [0.15, 0.2) is 0 Å². The van der Waals surface area contributed by atoms with Crippen molar-refractivity contribution in [2.45, 2.75) is 59.4 Å². The van der Waals surface area contributed by atoms with Gasteiger partial charge in [0, 0.05) is 13.1 Å². The van der Waals surface area contributed by atoms with Crippen LogP contribution in [0.2, 0.25) is 0 Å². The first kappa shape index (κ1) is 16.1. The molecule has 0 radical (unpaired) electrons. The number of nitrogens with one attached hydrogen (secondary N) is 1. The lowest BCUT2D eigenvalue weighted by atomic mass is 9.93. The fourth-order valence-electron chi connectivity index (χ4n) is 4.04. The van der Waals surface area contributed by atoms with E-state index in [1.54, 1.807) is 0 Å². The molecule has 1 atom stereocenters. The summed E-state index contributed by atoms with van der Waals surface area (Å²) in [7, 11) is 0. The van der Waals surface area contributed by atoms with E-state index in [1.807, 2.05) is 6.92 Å². The number of hydrogen-bond acceptors (Lipinski definition) is 2. The minimum atomic E-state index is -1.02. The van der Waals surface area contributed by atoms with Gasteiger partial charge < -0.3 is 15.3 Å². The predicted molar refractivity (Wildman–Crippen MR) is 81.0 cm³/mol. The topological polar surface area (TPSA) is 69.6 Å². The zero-order chi connectivity index (χ0) is 16.1. The average molecular weight is 296 g/mol. The Morgan fingerprint density at radius 3 is 2.24 bits per heavy atom. The number of amides is 2. The van der Waals surface area contributed by atoms with Gasteiger partial charge in [-0.25, -0.2) is 9.59 Å². The van der Waals surface area contributed by atoms with Gasteiger partial charge in [0.25, 0.3) is 0 Å². The second kappa shape index (κ2) is 4.89. The standard InChI is InChI=1S/C16H28N2O3/c1-6-16(12(19)20)8-7-9-18(16)13(21)17-10-11-14(2,3)15(11,4)5/h11H,6-10H2,1-5H3,(H,17,21)(H,19,20). The molecule has 0 aromatic carbocycles. The molecule has 5 nitrogen and oxygen atoms in total. The average Bonchev–Trinajstić information content (AvgIpc) is 2.74. The SMILES string of the molecule is CCC1(C(=O)O)CCCN1C(=O)NCC1C(C)(C)C1(C)C. The van der Waals surface area contributed by atoms with Gasteiger partial charge in [-0.1, -0.05) is 34.6 Å². The second-order valence-electron chi connectivity index (χ2n) is 7.63. The largest absolute Gasteiger partial charge is 0.479 e. The molecule has 21 heavy (non-hydrogen) atoms. The van der Waals surface area contributed by atoms with Gasteiger partial charge in [-0.3, -0.25) is 0 Å². The molecule has 0 spiro atoms. The van der Waals surface area contributed by atoms with Crippen molar-refractivity contribution in [2.75, 3.05) is 13.1 Å². The van der Waals surface area contributed by atoms with Crippen molar-refractivity contribution in [2.24, 2.45) is 16.7 Å². The molecule has 1 unspecified atom stereocenters. The molecule has 1 aliphatic carbocycles. The lowest BCUT2D eigenvalue weighted by molar-refractivity contribution is -0.148. The Balaban J connectivity index is 2.00. The van der Waals surface area contributed by atoms with Crippen LogP contribution in [-0.4, -0.2) is 40.6 Å². The monoisotopic (exact) mass is 296 g/mol. The highest BCUT2D eigenvalue weighted by Gasteiger charge is 2.64. The van der Waals surface area contributed by atoms with Crippen LogP contribution in [-0.2, 0) is 4.79 Å². The van der Waals surface area contributed by atoms with Gasteiger partial charge in [-0.2, -0.15) is 0 Å². The van der Waals surface area contributed by atoms with Crippen LogP contribution in [0.5, 0.6) is 0 Å². The number of aliphatic carboxylic acids is 1. The van der Waals surface area contributed by atoms with Crippen LogP contribution in [0.4, 0.5) is 4.79 Å². The molecule has 2 amide bonds. The normalized spacial score (nSPS) is 30.2. The highest BCUT2D eigenvalue weighted by Crippen LogP contribution is 2.67. The fraction of sp³-hybridized carbons (Fsp3) is 0.875. The Morgan fingerprint density at radius 1 is 1.24 bits per heavy atom. The number of nitrogens with zero attached hydrogens (tertiary/aromatic N) is 1. The first-order valence-corrected chi connectivity index (χ1v) is 7.90. The first-order chi connectivity index (χ1) is 9.61. The summed E-state index contributed by atoms with van der Waals surface area (Å²) in [4.78, 5) is 25.6. The molecule has 120 valence electrons. The second-order valence-corrected chi connectivity index (χ2v) is 7.63. The van der Waals surface area contributed by atoms with Gasteiger partial charge in [0.15, 0.2) is 0 Å². The summed E-state index contributed by atoms with van der Waals surface area (Å²) in [5, 5.41) is 12.5. The molecule has 0 bridgehead atoms. The van der Waals surface area contributed by atoms with Gasteiger partial charge in [0.2, 0.25) is 0 Å². The number of carboxylic acids is 1. The van der Waals surface area contributed by atoms with Crippen LogP contribution >= 0.6 is 0 Å². The minimum Gasteiger partial charge on any atom is -0.479 e. The fourth-order valence-corrected chi connectivity index (χ4v) is 4.04. The summed E-state index contributed by atoms with van der Waals surface area (Å²) in [5.41, 5.74) is -0.571. The molecular formula is C16H28N2O3. The molecule has 2 rings (SSSR count). The Kier molecular flexibility index (Phi) is 3.75. The molecule has 2 fully saturated rings. The van der Waals surface area contributed by atoms with Crippen LogP contribution in [0, 0.1) is 16.7 Å². The molecule has 2 aliphatic rings. The van der Waals surface area contributed by atoms with E-state index < -0.39 is 11.5 Å². The van der Waals surface area contributed by atoms with Crippen LogP contribution < -0.4 is 5.32 Å². The summed E-state index contributed by atoms with van der Waals surface area (Å²) < 4.78 is 0. The Bertz CT molecular complexity index is 444. The van der Waals surface area contributed by atoms with Crippen molar-refractivity contribution in [3.8, 4) is 0 Å². The third kappa shape index (κ3) is 2.21. The first-order valence-electron chi connectivity index (χ1n) is 7.90. The maximum Gasteiger partial charge on any atom is 0.329 e. The summed E-state index contributed by atoms with van der Waals surface area (Å²) in [6.45, 7) is 11.9. The van der Waals surface area contributed by atoms with E-state index in [0.717, 1.165) is 6.42 Å². The van der Waals surface area contributed by atoms with Crippen molar-refractivity contribution < 1.29 is 14.7 Å². The number of likely N-dealkylation sites (tertiary alicyclic amines) is 1. The Morgan fingerprint density at radius 2 is 1.81 bits per heavy atom. The van der Waals surface area contributed by atoms with Crippen LogP contribution in [0.3, 0.4) is 0 Å². The van der Waals surface area contributed by atoms with E-state index in [9.17, 15) is 14.7 Å². The van der Waals surface area contributed by atoms with Crippen molar-refractivity contribution in [1.82, 2.24) is 10.2 Å². The van der Waals surface area contributed by atoms with Crippen LogP contribution in [0.25, 0.3) is 0 Å². The number of hydrogen-bond donors (Lipinski definition) is 2. The van der Waals surface area contributed by atoms with E-state index >= 15 is 0 Å². The Hall–Kier alpha value is -1.26. The van der Waals surface area contributed by atoms with E-state index in [1.165, 1.54) is 4.90 Å². The zero-order valence-electron chi connectivity index (χ0n) is 13.8. The van der Waals surface area contributed by atoms with Gasteiger partial charge in [0.05, 0.1) is 0 Å². The molecule has 1 saturated heterocycles. The summed E-state index contributed by atoms with van der Waals surface area (Å²) in [6.07, 6.45) is 1.76. The van der Waals surface area contributed by atoms with Gasteiger partial charge in [-0.05, 0) is 36.0 Å². The Labute approximate surface area is 127 Å². The van der Waals surface area contributed by atoms with E-state index in [-0.39, 0.29) is 16.9 Å². The molecule has 1 heterocycles. The third-order valence-corrected chi connectivity index (χ3v) is 6.49. The van der Waals surface area contributed by atoms with Gasteiger partial charge in [0.1, 0.15) is 5.54 Å². The summed E-state index contributed by atoms with van der Waals surface area (Å²) >= 11 is 0. The lowest BCUT2D eigenvalue weighted by Crippen LogP contribution is -2.55. The van der Waals surface area contributed by atoms with Crippen molar-refractivity contribution >= 4 is 12.0 Å². The molecule has 5 heteroatoms. The number of urea groups is 1. The van der Waals surface area contributed by atoms with E-state index in [4.69, 9.17) is 0 Å². The van der Waals surface area contributed by atoms with Crippen molar-refractivity contribution in [1.29, 1.82) is 0 Å². The highest BCUT2D eigenvalue weighted by atomic mass is 16.4. The minimum absolute atomic E-state index is 0.222. The summed E-state index contributed by atoms with van der Waals surface area (Å²) in [5.74, 6) is -0.442. The van der Waals surface area contributed by atoms with Gasteiger partial charge >= 0.3 is 12.0 Å². The maximum atomic E-state index is 12.4. The molecular weight excluding hydrogens is 268 g/mol. The summed E-state index contributed by atoms with van der Waals surface area (Å²) in [6, 6.07) is -0.227. The quantitative estimate of drug-likeness (QED) is 0.838. The number of carbonyl (C=O) groups excluding carboxylic acids is 1. The third-order valence-electron chi connectivity index (χ3n) is 6.49. The number of carboxylic acid groups (broad SMARTS) is 1. The maximum absolute atomic E-state index is 12.4. The smallest absolute Gasteiger partial charge is 0.329 e. The van der Waals surface area contributed by atoms with E-state index in [0.29, 0.717) is 31.8 Å². The van der Waals surface area contributed by atoms with Crippen molar-refractivity contribution in [3.05, 3.63) is 0 Å². The molecule has 0 aromatic rings.